The summed E-state index contributed by atoms with van der Waals surface area (Å²) in [5, 5.41) is 0. The van der Waals surface area contributed by atoms with Gasteiger partial charge < -0.3 is 19.1 Å². The van der Waals surface area contributed by atoms with Crippen molar-refractivity contribution in [2.24, 2.45) is 0 Å². The Balaban J connectivity index is 2.22. The van der Waals surface area contributed by atoms with Crippen LogP contribution in [0.15, 0.2) is 36.4 Å². The van der Waals surface area contributed by atoms with Crippen LogP contribution in [0.2, 0.25) is 0 Å². The summed E-state index contributed by atoms with van der Waals surface area (Å²) in [5.41, 5.74) is 3.44. The first-order chi connectivity index (χ1) is 12.0. The standard InChI is InChI=1S/C21H29NO3/c1-15(2)18-10-11-19(21(25-6)20(18)24-5)22(3)13-12-16-8-7-9-17(14-16)23-4/h7-11,14-15H,12-13H2,1-6H3. The van der Waals surface area contributed by atoms with Crippen LogP contribution < -0.4 is 19.1 Å². The van der Waals surface area contributed by atoms with Crippen LogP contribution >= 0.6 is 0 Å². The van der Waals surface area contributed by atoms with Crippen molar-refractivity contribution >= 4 is 5.69 Å². The molecule has 0 N–H and O–H groups in total. The Morgan fingerprint density at radius 2 is 1.64 bits per heavy atom. The van der Waals surface area contributed by atoms with Crippen molar-refractivity contribution in [3.63, 3.8) is 0 Å². The average molecular weight is 343 g/mol. The van der Waals surface area contributed by atoms with E-state index in [4.69, 9.17) is 14.2 Å². The molecule has 0 aliphatic heterocycles. The molecule has 2 aromatic carbocycles. The van der Waals surface area contributed by atoms with Crippen LogP contribution in [0.1, 0.15) is 30.9 Å². The Hall–Kier alpha value is -2.36. The van der Waals surface area contributed by atoms with Crippen LogP contribution in [-0.2, 0) is 6.42 Å². The highest BCUT2D eigenvalue weighted by Crippen LogP contribution is 2.42. The van der Waals surface area contributed by atoms with E-state index in [-0.39, 0.29) is 0 Å². The van der Waals surface area contributed by atoms with E-state index in [1.165, 1.54) is 5.56 Å². The molecule has 0 aromatic heterocycles. The van der Waals surface area contributed by atoms with Gasteiger partial charge in [0.2, 0.25) is 0 Å². The van der Waals surface area contributed by atoms with E-state index in [1.807, 2.05) is 12.1 Å². The molecule has 0 aliphatic carbocycles. The lowest BCUT2D eigenvalue weighted by Crippen LogP contribution is -2.21. The molecule has 136 valence electrons. The van der Waals surface area contributed by atoms with Gasteiger partial charge in [0.15, 0.2) is 11.5 Å². The maximum absolute atomic E-state index is 5.68. The second-order valence-corrected chi connectivity index (χ2v) is 6.42. The number of nitrogens with zero attached hydrogens (tertiary/aromatic N) is 1. The zero-order valence-electron chi connectivity index (χ0n) is 16.1. The summed E-state index contributed by atoms with van der Waals surface area (Å²) in [5.74, 6) is 2.88. The molecular weight excluding hydrogens is 314 g/mol. The minimum atomic E-state index is 0.375. The van der Waals surface area contributed by atoms with Crippen molar-refractivity contribution in [2.45, 2.75) is 26.2 Å². The molecule has 2 rings (SSSR count). The van der Waals surface area contributed by atoms with Gasteiger partial charge in [-0.15, -0.1) is 0 Å². The van der Waals surface area contributed by atoms with Gasteiger partial charge in [0.1, 0.15) is 5.75 Å². The number of rotatable bonds is 8. The van der Waals surface area contributed by atoms with Crippen molar-refractivity contribution in [3.8, 4) is 17.2 Å². The van der Waals surface area contributed by atoms with E-state index in [0.29, 0.717) is 5.92 Å². The van der Waals surface area contributed by atoms with Crippen LogP contribution in [-0.4, -0.2) is 34.9 Å². The van der Waals surface area contributed by atoms with Crippen LogP contribution in [0.5, 0.6) is 17.2 Å². The third-order valence-electron chi connectivity index (χ3n) is 4.43. The molecule has 0 heterocycles. The van der Waals surface area contributed by atoms with Crippen molar-refractivity contribution in [1.82, 2.24) is 0 Å². The summed E-state index contributed by atoms with van der Waals surface area (Å²) in [7, 11) is 7.16. The van der Waals surface area contributed by atoms with E-state index in [0.717, 1.165) is 41.5 Å². The fraction of sp³-hybridized carbons (Fsp3) is 0.429. The van der Waals surface area contributed by atoms with Crippen molar-refractivity contribution in [2.75, 3.05) is 39.8 Å². The molecule has 0 bridgehead atoms. The SMILES string of the molecule is COc1cccc(CCN(C)c2ccc(C(C)C)c(OC)c2OC)c1. The maximum Gasteiger partial charge on any atom is 0.184 e. The summed E-state index contributed by atoms with van der Waals surface area (Å²) >= 11 is 0. The number of ether oxygens (including phenoxy) is 3. The number of anilines is 1. The molecule has 0 spiro atoms. The molecule has 0 saturated heterocycles. The van der Waals surface area contributed by atoms with Crippen LogP contribution in [0, 0.1) is 0 Å². The predicted octanol–water partition coefficient (Wildman–Crippen LogP) is 4.51. The summed E-state index contributed by atoms with van der Waals surface area (Å²) < 4.78 is 16.6. The van der Waals surface area contributed by atoms with Crippen molar-refractivity contribution < 1.29 is 14.2 Å². The topological polar surface area (TPSA) is 30.9 Å². The van der Waals surface area contributed by atoms with Crippen molar-refractivity contribution in [3.05, 3.63) is 47.5 Å². The van der Waals surface area contributed by atoms with E-state index in [1.54, 1.807) is 21.3 Å². The Morgan fingerprint density at radius 3 is 2.24 bits per heavy atom. The maximum atomic E-state index is 5.68. The second-order valence-electron chi connectivity index (χ2n) is 6.42. The van der Waals surface area contributed by atoms with Crippen molar-refractivity contribution in [1.29, 1.82) is 0 Å². The fourth-order valence-corrected chi connectivity index (χ4v) is 2.98. The molecule has 0 aliphatic rings. The highest BCUT2D eigenvalue weighted by Gasteiger charge is 2.19. The molecule has 25 heavy (non-hydrogen) atoms. The van der Waals surface area contributed by atoms with Gasteiger partial charge in [0, 0.05) is 19.2 Å². The van der Waals surface area contributed by atoms with Crippen LogP contribution in [0.3, 0.4) is 0 Å². The molecule has 4 nitrogen and oxygen atoms in total. The van der Waals surface area contributed by atoms with Gasteiger partial charge in [-0.05, 0) is 36.1 Å². The first-order valence-corrected chi connectivity index (χ1v) is 8.60. The Kier molecular flexibility index (Phi) is 6.57. The largest absolute Gasteiger partial charge is 0.497 e. The normalized spacial score (nSPS) is 10.7. The monoisotopic (exact) mass is 343 g/mol. The fourth-order valence-electron chi connectivity index (χ4n) is 2.98. The zero-order chi connectivity index (χ0) is 18.4. The number of likely N-dealkylation sites (N-methyl/N-ethyl adjacent to an activating group) is 1. The molecule has 0 fully saturated rings. The molecule has 0 radical (unpaired) electrons. The summed E-state index contributed by atoms with van der Waals surface area (Å²) in [4.78, 5) is 2.20. The molecule has 0 unspecified atom stereocenters. The van der Waals surface area contributed by atoms with Gasteiger partial charge in [0.25, 0.3) is 0 Å². The van der Waals surface area contributed by atoms with Gasteiger partial charge in [-0.2, -0.15) is 0 Å². The third kappa shape index (κ3) is 4.38. The molecule has 0 saturated carbocycles. The molecular formula is C21H29NO3. The number of benzene rings is 2. The van der Waals surface area contributed by atoms with Gasteiger partial charge in [-0.25, -0.2) is 0 Å². The zero-order valence-corrected chi connectivity index (χ0v) is 16.1. The van der Waals surface area contributed by atoms with Gasteiger partial charge in [-0.3, -0.25) is 0 Å². The molecule has 0 amide bonds. The quantitative estimate of drug-likeness (QED) is 0.705. The highest BCUT2D eigenvalue weighted by atomic mass is 16.5. The molecule has 4 heteroatoms. The lowest BCUT2D eigenvalue weighted by Gasteiger charge is -2.25. The number of methoxy groups -OCH3 is 3. The van der Waals surface area contributed by atoms with Gasteiger partial charge in [0.05, 0.1) is 27.0 Å². The minimum Gasteiger partial charge on any atom is -0.497 e. The second kappa shape index (κ2) is 8.65. The lowest BCUT2D eigenvalue weighted by atomic mass is 10.0. The number of hydrogen-bond donors (Lipinski definition) is 0. The van der Waals surface area contributed by atoms with E-state index < -0.39 is 0 Å². The first kappa shape index (κ1) is 19.0. The lowest BCUT2D eigenvalue weighted by molar-refractivity contribution is 0.350. The van der Waals surface area contributed by atoms with Crippen LogP contribution in [0.4, 0.5) is 5.69 Å². The molecule has 0 atom stereocenters. The highest BCUT2D eigenvalue weighted by molar-refractivity contribution is 5.67. The predicted molar refractivity (Wildman–Crippen MR) is 104 cm³/mol. The Bertz CT molecular complexity index is 698. The van der Waals surface area contributed by atoms with Gasteiger partial charge >= 0.3 is 0 Å². The smallest absolute Gasteiger partial charge is 0.184 e. The average Bonchev–Trinajstić information content (AvgIpc) is 2.64. The first-order valence-electron chi connectivity index (χ1n) is 8.60. The van der Waals surface area contributed by atoms with E-state index >= 15 is 0 Å². The Labute approximate surface area is 151 Å². The summed E-state index contributed by atoms with van der Waals surface area (Å²) in [6.45, 7) is 5.18. The minimum absolute atomic E-state index is 0.375. The van der Waals surface area contributed by atoms with Crippen LogP contribution in [0.25, 0.3) is 0 Å². The number of hydrogen-bond acceptors (Lipinski definition) is 4. The molecule has 2 aromatic rings. The third-order valence-corrected chi connectivity index (χ3v) is 4.43. The summed E-state index contributed by atoms with van der Waals surface area (Å²) in [6.07, 6.45) is 0.922. The Morgan fingerprint density at radius 1 is 0.920 bits per heavy atom. The van der Waals surface area contributed by atoms with Gasteiger partial charge in [-0.1, -0.05) is 32.0 Å². The van der Waals surface area contributed by atoms with E-state index in [9.17, 15) is 0 Å². The van der Waals surface area contributed by atoms with E-state index in [2.05, 4.69) is 50.1 Å². The summed E-state index contributed by atoms with van der Waals surface area (Å²) in [6, 6.07) is 12.4.